The number of carbonyl (C=O) groups is 4. The van der Waals surface area contributed by atoms with Crippen molar-refractivity contribution in [3.05, 3.63) is 131 Å². The van der Waals surface area contributed by atoms with Crippen molar-refractivity contribution in [1.82, 2.24) is 0 Å². The van der Waals surface area contributed by atoms with Gasteiger partial charge in [0.25, 0.3) is 0 Å². The Kier molecular flexibility index (Phi) is 20.0. The quantitative estimate of drug-likeness (QED) is 0.0629. The van der Waals surface area contributed by atoms with Gasteiger partial charge in [0.05, 0.1) is 37.9 Å². The lowest BCUT2D eigenvalue weighted by Gasteiger charge is -2.34. The van der Waals surface area contributed by atoms with Crippen molar-refractivity contribution in [2.24, 2.45) is 16.7 Å². The fourth-order valence-corrected chi connectivity index (χ4v) is 9.52. The molecule has 1 fully saturated rings. The van der Waals surface area contributed by atoms with Gasteiger partial charge in [0.2, 0.25) is 0 Å². The first-order valence-electron chi connectivity index (χ1n) is 23.2. The molecule has 1 saturated carbocycles. The molecular weight excluding hydrogens is 777 g/mol. The second-order valence-electron chi connectivity index (χ2n) is 17.8. The summed E-state index contributed by atoms with van der Waals surface area (Å²) in [6.45, 7) is 0.445. The van der Waals surface area contributed by atoms with Crippen LogP contribution in [0.4, 0.5) is 0 Å². The van der Waals surface area contributed by atoms with Crippen LogP contribution in [-0.4, -0.2) is 38.1 Å². The molecule has 334 valence electrons. The van der Waals surface area contributed by atoms with Crippen LogP contribution in [0.2, 0.25) is 0 Å². The number of methoxy groups -OCH3 is 2. The summed E-state index contributed by atoms with van der Waals surface area (Å²) < 4.78 is 21.7. The number of rotatable bonds is 20. The molecule has 0 aliphatic heterocycles. The van der Waals surface area contributed by atoms with Gasteiger partial charge in [-0.25, -0.2) is 0 Å². The number of carbonyl (C=O) groups excluding carboxylic acids is 4. The van der Waals surface area contributed by atoms with Crippen molar-refractivity contribution < 1.29 is 38.1 Å². The predicted octanol–water partition coefficient (Wildman–Crippen LogP) is 12.3. The average molecular weight is 847 g/mol. The maximum atomic E-state index is 13.1. The van der Waals surface area contributed by atoms with Gasteiger partial charge in [0.1, 0.15) is 13.2 Å². The molecule has 0 bridgehead atoms. The van der Waals surface area contributed by atoms with E-state index in [4.69, 9.17) is 18.9 Å². The van der Waals surface area contributed by atoms with Gasteiger partial charge in [0.15, 0.2) is 0 Å². The lowest BCUT2D eigenvalue weighted by atomic mass is 9.71. The van der Waals surface area contributed by atoms with Gasteiger partial charge in [0, 0.05) is 0 Å². The first kappa shape index (κ1) is 48.1. The van der Waals surface area contributed by atoms with Crippen molar-refractivity contribution in [2.75, 3.05) is 14.2 Å². The van der Waals surface area contributed by atoms with E-state index in [1.165, 1.54) is 70.3 Å². The lowest BCUT2D eigenvalue weighted by Crippen LogP contribution is -2.37. The molecule has 8 heteroatoms. The van der Waals surface area contributed by atoms with Crippen molar-refractivity contribution in [1.29, 1.82) is 0 Å². The van der Waals surface area contributed by atoms with Crippen LogP contribution < -0.4 is 0 Å². The lowest BCUT2D eigenvalue weighted by molar-refractivity contribution is -0.162. The molecule has 0 heterocycles. The van der Waals surface area contributed by atoms with E-state index >= 15 is 0 Å². The summed E-state index contributed by atoms with van der Waals surface area (Å²) >= 11 is 0. The normalized spacial score (nSPS) is 17.3. The Morgan fingerprint density at radius 3 is 1.39 bits per heavy atom. The van der Waals surface area contributed by atoms with Gasteiger partial charge in [-0.1, -0.05) is 146 Å². The zero-order valence-corrected chi connectivity index (χ0v) is 37.4. The molecular formula is C54H70O8. The molecule has 0 saturated heterocycles. The van der Waals surface area contributed by atoms with Crippen LogP contribution in [0.5, 0.6) is 0 Å². The van der Waals surface area contributed by atoms with E-state index in [1.807, 2.05) is 78.9 Å². The van der Waals surface area contributed by atoms with E-state index < -0.39 is 10.8 Å². The largest absolute Gasteiger partial charge is 0.469 e. The predicted molar refractivity (Wildman–Crippen MR) is 244 cm³/mol. The van der Waals surface area contributed by atoms with Gasteiger partial charge in [-0.05, 0) is 112 Å². The van der Waals surface area contributed by atoms with E-state index in [1.54, 1.807) is 0 Å². The Labute approximate surface area is 370 Å². The highest BCUT2D eigenvalue weighted by Gasteiger charge is 2.44. The fourth-order valence-electron chi connectivity index (χ4n) is 9.52. The third-order valence-corrected chi connectivity index (χ3v) is 13.1. The van der Waals surface area contributed by atoms with Crippen LogP contribution in [0.1, 0.15) is 145 Å². The number of ether oxygens (including phenoxy) is 4. The number of hydrogen-bond acceptors (Lipinski definition) is 8. The van der Waals surface area contributed by atoms with E-state index in [0.29, 0.717) is 38.0 Å². The molecule has 3 aromatic rings. The minimum atomic E-state index is -0.915. The molecule has 3 aromatic carbocycles. The van der Waals surface area contributed by atoms with Gasteiger partial charge in [-0.3, -0.25) is 19.2 Å². The maximum absolute atomic E-state index is 13.1. The highest BCUT2D eigenvalue weighted by atomic mass is 16.5. The van der Waals surface area contributed by atoms with Crippen LogP contribution in [0, 0.1) is 16.7 Å². The molecule has 2 atom stereocenters. The number of esters is 4. The highest BCUT2D eigenvalue weighted by molar-refractivity contribution is 5.84. The number of allylic oxidation sites excluding steroid dienone is 4. The van der Waals surface area contributed by atoms with Gasteiger partial charge in [-0.2, -0.15) is 0 Å². The van der Waals surface area contributed by atoms with Crippen molar-refractivity contribution in [3.63, 3.8) is 0 Å². The molecule has 0 N–H and O–H groups in total. The summed E-state index contributed by atoms with van der Waals surface area (Å²) in [5.41, 5.74) is 3.85. The summed E-state index contributed by atoms with van der Waals surface area (Å²) in [5.74, 6) is -0.607. The average Bonchev–Trinajstić information content (AvgIpc) is 3.33. The monoisotopic (exact) mass is 847 g/mol. The molecule has 6 rings (SSSR count). The van der Waals surface area contributed by atoms with Crippen molar-refractivity contribution in [2.45, 2.75) is 148 Å². The molecule has 62 heavy (non-hydrogen) atoms. The van der Waals surface area contributed by atoms with Crippen molar-refractivity contribution in [3.8, 4) is 0 Å². The Balaban J connectivity index is 0.000000234. The summed E-state index contributed by atoms with van der Waals surface area (Å²) in [7, 11) is 2.85. The summed E-state index contributed by atoms with van der Waals surface area (Å²) in [6, 6.07) is 29.3. The third-order valence-electron chi connectivity index (χ3n) is 13.1. The molecule has 8 nitrogen and oxygen atoms in total. The third kappa shape index (κ3) is 15.7. The zero-order valence-electron chi connectivity index (χ0n) is 37.4. The van der Waals surface area contributed by atoms with E-state index in [2.05, 4.69) is 24.3 Å². The smallest absolute Gasteiger partial charge is 0.312 e. The summed E-state index contributed by atoms with van der Waals surface area (Å²) in [5, 5.41) is 0. The standard InChI is InChI=1S/C27H38O4.C27H32O4/c2*1-30-26(29)27(19-23-13-7-3-8-14-23,18-17-22-11-5-2-6-12-22)20-25(28)31-21-24-15-9-4-10-16-24/h4,9-10,13,15-16,22H,2-3,5-8,11-12,14,17-21H2,1H3;2,4-6,9-13,15-16H,3,7-8,14,17-21H2,1H3. The molecule has 0 radical (unpaired) electrons. The molecule has 3 aliphatic carbocycles. The second kappa shape index (κ2) is 25.8. The minimum Gasteiger partial charge on any atom is -0.469 e. The van der Waals surface area contributed by atoms with Gasteiger partial charge < -0.3 is 18.9 Å². The fraction of sp³-hybridized carbons (Fsp3) is 0.519. The molecule has 0 amide bonds. The SMILES string of the molecule is COC(=O)C(CCC1CCCCC1)(CC(=O)OCc1ccccc1)CC1=CCCCC1.COC(=O)C(CCc1ccccc1)(CC(=O)OCc1ccccc1)CC1=CCCCC1. The van der Waals surface area contributed by atoms with E-state index in [-0.39, 0.29) is 49.9 Å². The number of benzene rings is 3. The number of aryl methyl sites for hydroxylation is 1. The van der Waals surface area contributed by atoms with Crippen LogP contribution >= 0.6 is 0 Å². The minimum absolute atomic E-state index is 0.0245. The summed E-state index contributed by atoms with van der Waals surface area (Å²) in [4.78, 5) is 52.0. The van der Waals surface area contributed by atoms with Crippen LogP contribution in [-0.2, 0) is 57.8 Å². The van der Waals surface area contributed by atoms with E-state index in [9.17, 15) is 19.2 Å². The molecule has 0 spiro atoms. The van der Waals surface area contributed by atoms with Gasteiger partial charge >= 0.3 is 23.9 Å². The van der Waals surface area contributed by atoms with Crippen LogP contribution in [0.3, 0.4) is 0 Å². The second-order valence-corrected chi connectivity index (χ2v) is 17.8. The van der Waals surface area contributed by atoms with E-state index in [0.717, 1.165) is 61.6 Å². The molecule has 2 unspecified atom stereocenters. The Hall–Kier alpha value is -4.98. The Morgan fingerprint density at radius 2 is 0.968 bits per heavy atom. The Morgan fingerprint density at radius 1 is 0.532 bits per heavy atom. The highest BCUT2D eigenvalue weighted by Crippen LogP contribution is 2.43. The first-order chi connectivity index (χ1) is 30.2. The van der Waals surface area contributed by atoms with Crippen LogP contribution in [0.15, 0.2) is 114 Å². The van der Waals surface area contributed by atoms with Crippen molar-refractivity contribution >= 4 is 23.9 Å². The zero-order chi connectivity index (χ0) is 43.9. The maximum Gasteiger partial charge on any atom is 0.312 e. The molecule has 0 aromatic heterocycles. The number of hydrogen-bond donors (Lipinski definition) is 0. The first-order valence-corrected chi connectivity index (χ1v) is 23.2. The summed E-state index contributed by atoms with van der Waals surface area (Å²) in [6.07, 6.45) is 23.8. The van der Waals surface area contributed by atoms with Crippen LogP contribution in [0.25, 0.3) is 0 Å². The Bertz CT molecular complexity index is 1880. The molecule has 3 aliphatic rings. The van der Waals surface area contributed by atoms with Gasteiger partial charge in [-0.15, -0.1) is 0 Å². The topological polar surface area (TPSA) is 105 Å².